The van der Waals surface area contributed by atoms with Crippen molar-refractivity contribution >= 4 is 68.1 Å². The first-order valence-electron chi connectivity index (χ1n) is 51.3. The van der Waals surface area contributed by atoms with E-state index in [0.29, 0.717) is 21.7 Å². The molecule has 0 spiro atoms. The number of halogens is 8. The molecule has 18 rings (SSSR count). The summed E-state index contributed by atoms with van der Waals surface area (Å²) in [6, 6.07) is 24.0. The van der Waals surface area contributed by atoms with Crippen LogP contribution in [-0.2, 0) is 94.2 Å². The van der Waals surface area contributed by atoms with Crippen LogP contribution in [0, 0.1) is 212 Å². The first-order valence-corrected chi connectivity index (χ1v) is 76.6. The first-order chi connectivity index (χ1) is 58.9. The Kier molecular flexibility index (Phi) is 64.9. The van der Waals surface area contributed by atoms with Crippen molar-refractivity contribution in [1.29, 1.82) is 0 Å². The van der Waals surface area contributed by atoms with E-state index in [4.69, 9.17) is 68.1 Å². The molecule has 0 N–H and O–H groups in total. The standard InChI is InChI=1S/C30H44.C29H42.C25H42.C24H40.8CH3.8ClH.4Zr/c1-2-3-13-22-30(24-16-7-8-17-24,23-14-5-4-6-15-23)29-27-20-11-9-18-25(27)26-19-10-12-21-28(26)29;1-2-3-21-29(23-15-7-8-16-23,22-13-5-4-6-14-22)28-26-19-11-9-17-24(26)25-18-10-12-20-27(25)28;1-3-4-11-18-25(2,19-12-5-6-13-19)24-22-16-9-7-14-20(22)21-15-8-10-17-23(21)24;1-3-4-17-24(2,18-11-5-6-12-18)23-21-15-9-7-13-19(21)20-14-8-10-16-22(20)23;;;;;;;;;;;;;;;;;;;;/h2,4-6,14-15,24-29H,1,3,7-13,16-22H2;2,4-6,13-14,23-28H,1,3,7-12,15-21H2;3,19-24H,1,4-18H2,2H3;3,18-23H,1,4-17H2,2H3;8*1H3;8*1H;;;;/q;;;;8*-1;;;;;;;;;4*+4/p-8. The Morgan fingerprint density at radius 2 is 0.414 bits per heavy atom. The van der Waals surface area contributed by atoms with E-state index in [2.05, 4.69) is 125 Å². The van der Waals surface area contributed by atoms with Gasteiger partial charge in [0.2, 0.25) is 0 Å². The van der Waals surface area contributed by atoms with Crippen LogP contribution in [0.15, 0.2) is 111 Å². The van der Waals surface area contributed by atoms with Gasteiger partial charge in [-0.1, -0.05) is 253 Å². The Morgan fingerprint density at radius 3 is 0.648 bits per heavy atom. The Bertz CT molecular complexity index is 3080. The van der Waals surface area contributed by atoms with Crippen molar-refractivity contribution in [3.63, 3.8) is 0 Å². The van der Waals surface area contributed by atoms with Gasteiger partial charge in [0, 0.05) is 10.8 Å². The maximum atomic E-state index is 4.93. The summed E-state index contributed by atoms with van der Waals surface area (Å²) in [5.74, 6) is 24.9. The molecule has 0 aliphatic heterocycles. The molecule has 0 saturated heterocycles. The van der Waals surface area contributed by atoms with Gasteiger partial charge in [0.05, 0.1) is 0 Å². The van der Waals surface area contributed by atoms with Crippen molar-refractivity contribution in [2.24, 2.45) is 153 Å². The average molecular weight is 2240 g/mol. The van der Waals surface area contributed by atoms with Crippen LogP contribution < -0.4 is 0 Å². The van der Waals surface area contributed by atoms with Gasteiger partial charge in [0.25, 0.3) is 0 Å². The van der Waals surface area contributed by atoms with Gasteiger partial charge < -0.3 is 59.4 Å². The molecule has 16 fully saturated rings. The Balaban J connectivity index is 0.000000415. The van der Waals surface area contributed by atoms with Gasteiger partial charge in [-0.25, -0.2) is 0 Å². The Hall–Kier alpha value is 3.25. The van der Waals surface area contributed by atoms with Crippen molar-refractivity contribution < 1.29 is 83.4 Å². The molecule has 20 unspecified atom stereocenters. The minimum absolute atomic E-state index is 0. The van der Waals surface area contributed by atoms with Gasteiger partial charge in [0.15, 0.2) is 0 Å². The third kappa shape index (κ3) is 30.2. The molecule has 128 heavy (non-hydrogen) atoms. The number of allylic oxidation sites excluding steroid dienone is 4. The van der Waals surface area contributed by atoms with E-state index in [1.165, 1.54) is 295 Å². The SMILES string of the molecule is C=CCCC(C)(C1CCCC1)C1C2CCCCC2C2CCCCC21.C=CCCC(c1ccccc1)(C1CCCC1)C1C2CCCCC2C2CCCCC21.C=CCCCC(C)(C1CCCC1)C1C2CCCCC2C2CCCCC21.C=CCCCC(c1ccccc1)(C1CCCC1)C1C2CCCCC2C2CCCCC21.[CH3-].[CH3-].[CH3-].[CH3-].[CH3-].[CH3-].[CH3-].[CH3-].[Cl][Zr+2][Cl].[Cl][Zr+2][Cl].[Cl][Zr+2][Cl].[Cl][Zr+2][Cl]. The van der Waals surface area contributed by atoms with E-state index in [1.54, 1.807) is 88.2 Å². The van der Waals surface area contributed by atoms with Gasteiger partial charge in [-0.15, -0.1) is 26.3 Å². The molecule has 16 saturated carbocycles. The summed E-state index contributed by atoms with van der Waals surface area (Å²) < 4.78 is 0. The molecule has 0 radical (unpaired) electrons. The van der Waals surface area contributed by atoms with Crippen LogP contribution in [-0.4, -0.2) is 0 Å². The summed E-state index contributed by atoms with van der Waals surface area (Å²) in [6.45, 7) is 21.9. The van der Waals surface area contributed by atoms with Crippen molar-refractivity contribution in [1.82, 2.24) is 0 Å². The molecular formula is C116H192Cl8Zr4. The second-order valence-electron chi connectivity index (χ2n) is 43.1. The van der Waals surface area contributed by atoms with Crippen LogP contribution in [0.3, 0.4) is 0 Å². The second kappa shape index (κ2) is 66.2. The zero-order valence-electron chi connectivity index (χ0n) is 83.8. The van der Waals surface area contributed by atoms with Crippen LogP contribution in [0.25, 0.3) is 0 Å². The molecule has 2 aromatic rings. The summed E-state index contributed by atoms with van der Waals surface area (Å²) >= 11 is -3.30. The third-order valence-corrected chi connectivity index (χ3v) is 38.7. The van der Waals surface area contributed by atoms with Crippen LogP contribution in [0.1, 0.15) is 397 Å². The third-order valence-electron chi connectivity index (χ3n) is 38.7. The quantitative estimate of drug-likeness (QED) is 0.0558. The van der Waals surface area contributed by atoms with E-state index in [-0.39, 0.29) is 59.4 Å². The van der Waals surface area contributed by atoms with E-state index in [0.717, 1.165) is 142 Å². The number of hydrogen-bond donors (Lipinski definition) is 0. The summed E-state index contributed by atoms with van der Waals surface area (Å²) in [4.78, 5) is 0. The van der Waals surface area contributed by atoms with E-state index >= 15 is 0 Å². The fourth-order valence-electron chi connectivity index (χ4n) is 35.3. The maximum absolute atomic E-state index is 4.93. The monoisotopic (exact) mass is 2220 g/mol. The van der Waals surface area contributed by atoms with E-state index < -0.39 is 83.4 Å². The Morgan fingerprint density at radius 1 is 0.234 bits per heavy atom. The number of unbranched alkanes of at least 4 members (excludes halogenated alkanes) is 2. The number of benzene rings is 2. The molecule has 16 aliphatic carbocycles. The summed E-state index contributed by atoms with van der Waals surface area (Å²) in [6.07, 6.45) is 95.1. The van der Waals surface area contributed by atoms with Gasteiger partial charge in [0.1, 0.15) is 0 Å². The zero-order valence-corrected chi connectivity index (χ0v) is 99.7. The molecule has 2 aromatic carbocycles. The molecule has 16 aliphatic rings. The molecule has 0 bridgehead atoms. The van der Waals surface area contributed by atoms with Gasteiger partial charge in [-0.2, -0.15) is 0 Å². The fourth-order valence-corrected chi connectivity index (χ4v) is 35.3. The number of hydrogen-bond acceptors (Lipinski definition) is 0. The molecule has 0 nitrogen and oxygen atoms in total. The number of fused-ring (bicyclic) bond motifs is 12. The zero-order chi connectivity index (χ0) is 84.8. The number of rotatable bonds is 24. The summed E-state index contributed by atoms with van der Waals surface area (Å²) in [7, 11) is 39.5. The molecule has 12 heteroatoms. The first kappa shape index (κ1) is 125. The van der Waals surface area contributed by atoms with Crippen molar-refractivity contribution in [3.8, 4) is 0 Å². The average Bonchev–Trinajstić information content (AvgIpc) is 1.57. The van der Waals surface area contributed by atoms with Crippen LogP contribution in [0.4, 0.5) is 0 Å². The molecule has 0 heterocycles. The molecule has 0 aromatic heterocycles. The molecule has 0 amide bonds. The molecule has 20 atom stereocenters. The summed E-state index contributed by atoms with van der Waals surface area (Å²) in [5, 5.41) is 0. The van der Waals surface area contributed by atoms with Crippen LogP contribution >= 0.6 is 68.1 Å². The van der Waals surface area contributed by atoms with Crippen LogP contribution in [0.2, 0.25) is 0 Å². The van der Waals surface area contributed by atoms with Gasteiger partial charge in [-0.05, 0) is 382 Å². The summed E-state index contributed by atoms with van der Waals surface area (Å²) in [5.41, 5.74) is 5.51. The van der Waals surface area contributed by atoms with Crippen molar-refractivity contribution in [3.05, 3.63) is 182 Å². The normalized spacial score (nSPS) is 33.1. The van der Waals surface area contributed by atoms with Crippen LogP contribution in [0.5, 0.6) is 0 Å². The van der Waals surface area contributed by atoms with E-state index in [1.807, 2.05) is 0 Å². The van der Waals surface area contributed by atoms with Crippen molar-refractivity contribution in [2.45, 2.75) is 397 Å². The minimum atomic E-state index is -0.826. The fraction of sp³-hybridized carbons (Fsp3) is 0.759. The topological polar surface area (TPSA) is 0 Å². The Labute approximate surface area is 872 Å². The molecule has 728 valence electrons. The van der Waals surface area contributed by atoms with Crippen molar-refractivity contribution in [2.75, 3.05) is 0 Å². The van der Waals surface area contributed by atoms with Gasteiger partial charge in [-0.3, -0.25) is 0 Å². The second-order valence-corrected chi connectivity index (χ2v) is 58.0. The predicted octanol–water partition coefficient (Wildman–Crippen LogP) is 41.3. The van der Waals surface area contributed by atoms with Gasteiger partial charge >= 0.3 is 151 Å². The predicted molar refractivity (Wildman–Crippen MR) is 563 cm³/mol. The van der Waals surface area contributed by atoms with E-state index in [9.17, 15) is 0 Å². The molecular weight excluding hydrogens is 2040 g/mol.